The van der Waals surface area contributed by atoms with Crippen LogP contribution in [0.3, 0.4) is 0 Å². The van der Waals surface area contributed by atoms with Gasteiger partial charge in [-0.25, -0.2) is 13.4 Å². The first-order chi connectivity index (χ1) is 15.6. The van der Waals surface area contributed by atoms with Crippen LogP contribution >= 0.6 is 0 Å². The van der Waals surface area contributed by atoms with Crippen LogP contribution in [0.5, 0.6) is 0 Å². The summed E-state index contributed by atoms with van der Waals surface area (Å²) < 4.78 is 39.2. The Kier molecular flexibility index (Phi) is 5.04. The van der Waals surface area contributed by atoms with E-state index >= 15 is 0 Å². The van der Waals surface area contributed by atoms with Crippen molar-refractivity contribution in [2.24, 2.45) is 0 Å². The van der Waals surface area contributed by atoms with Crippen molar-refractivity contribution in [3.8, 4) is 22.6 Å². The summed E-state index contributed by atoms with van der Waals surface area (Å²) in [5.74, 6) is 0.470. The minimum absolute atomic E-state index is 0.0457. The zero-order chi connectivity index (χ0) is 22.0. The van der Waals surface area contributed by atoms with Crippen LogP contribution in [0, 0.1) is 0 Å². The number of nitrogens with zero attached hydrogens (tertiary/aromatic N) is 3. The molecule has 0 atom stereocenters. The number of sulfonamides is 1. The summed E-state index contributed by atoms with van der Waals surface area (Å²) in [6.07, 6.45) is 2.98. The van der Waals surface area contributed by atoms with Crippen molar-refractivity contribution in [3.05, 3.63) is 103 Å². The fraction of sp³-hybridized carbons (Fsp3) is 0. The highest BCUT2D eigenvalue weighted by molar-refractivity contribution is 7.93. The fourth-order valence-corrected chi connectivity index (χ4v) is 4.65. The van der Waals surface area contributed by atoms with E-state index in [0.29, 0.717) is 17.1 Å². The molecule has 2 aromatic heterocycles. The molecule has 0 aliphatic carbocycles. The highest BCUT2D eigenvalue weighted by Gasteiger charge is 2.30. The minimum atomic E-state index is -4.03. The molecule has 0 saturated carbocycles. The van der Waals surface area contributed by atoms with Crippen molar-refractivity contribution in [1.29, 1.82) is 0 Å². The van der Waals surface area contributed by atoms with Gasteiger partial charge >= 0.3 is 6.01 Å². The van der Waals surface area contributed by atoms with Crippen LogP contribution in [0.25, 0.3) is 22.6 Å². The van der Waals surface area contributed by atoms with E-state index in [1.807, 2.05) is 36.4 Å². The summed E-state index contributed by atoms with van der Waals surface area (Å²) >= 11 is 0. The molecule has 3 aromatic carbocycles. The molecule has 0 N–H and O–H groups in total. The molecular formula is C24H17N3O4S. The Morgan fingerprint density at radius 2 is 1.44 bits per heavy atom. The maximum absolute atomic E-state index is 13.7. The number of oxazole rings is 1. The van der Waals surface area contributed by atoms with E-state index in [2.05, 4.69) is 10.1 Å². The van der Waals surface area contributed by atoms with E-state index in [0.717, 1.165) is 15.4 Å². The Bertz CT molecular complexity index is 1410. The molecule has 0 amide bonds. The predicted octanol–water partition coefficient (Wildman–Crippen LogP) is 5.52. The second kappa shape index (κ2) is 8.16. The van der Waals surface area contributed by atoms with Gasteiger partial charge in [0.1, 0.15) is 12.0 Å². The molecule has 5 rings (SSSR count). The Hall–Kier alpha value is -4.17. The van der Waals surface area contributed by atoms with E-state index < -0.39 is 10.0 Å². The second-order valence-corrected chi connectivity index (χ2v) is 8.67. The zero-order valence-electron chi connectivity index (χ0n) is 16.7. The van der Waals surface area contributed by atoms with E-state index in [1.165, 1.54) is 24.6 Å². The van der Waals surface area contributed by atoms with Crippen LogP contribution < -0.4 is 4.31 Å². The minimum Gasteiger partial charge on any atom is -0.422 e. The van der Waals surface area contributed by atoms with E-state index in [1.54, 1.807) is 42.5 Å². The summed E-state index contributed by atoms with van der Waals surface area (Å²) in [5, 5.41) is 3.88. The molecule has 0 aliphatic heterocycles. The van der Waals surface area contributed by atoms with Crippen molar-refractivity contribution in [2.45, 2.75) is 4.90 Å². The van der Waals surface area contributed by atoms with Crippen LogP contribution in [0.15, 0.2) is 117 Å². The highest BCUT2D eigenvalue weighted by atomic mass is 32.2. The molecular weight excluding hydrogens is 426 g/mol. The SMILES string of the molecule is O=S(=O)(c1ccc(-c2ccon2)cc1)N(c1ccccc1)c1ncc(-c2ccccc2)o1. The molecule has 32 heavy (non-hydrogen) atoms. The summed E-state index contributed by atoms with van der Waals surface area (Å²) in [4.78, 5) is 4.37. The maximum atomic E-state index is 13.7. The van der Waals surface area contributed by atoms with Crippen LogP contribution in [0.1, 0.15) is 0 Å². The quantitative estimate of drug-likeness (QED) is 0.343. The number of anilines is 2. The lowest BCUT2D eigenvalue weighted by molar-refractivity contribution is 0.422. The van der Waals surface area contributed by atoms with Crippen molar-refractivity contribution >= 4 is 21.7 Å². The maximum Gasteiger partial charge on any atom is 0.317 e. The van der Waals surface area contributed by atoms with Crippen LogP contribution in [-0.4, -0.2) is 18.6 Å². The molecule has 2 heterocycles. The van der Waals surface area contributed by atoms with Gasteiger partial charge in [0.05, 0.1) is 16.8 Å². The van der Waals surface area contributed by atoms with E-state index in [4.69, 9.17) is 8.94 Å². The normalized spacial score (nSPS) is 11.4. The summed E-state index contributed by atoms with van der Waals surface area (Å²) in [6.45, 7) is 0. The molecule has 0 saturated heterocycles. The van der Waals surface area contributed by atoms with Crippen LogP contribution in [0.4, 0.5) is 11.7 Å². The monoisotopic (exact) mass is 443 g/mol. The van der Waals surface area contributed by atoms with Gasteiger partial charge in [0, 0.05) is 17.2 Å². The molecule has 0 fully saturated rings. The molecule has 0 unspecified atom stereocenters. The lowest BCUT2D eigenvalue weighted by Gasteiger charge is -2.20. The Morgan fingerprint density at radius 3 is 2.09 bits per heavy atom. The molecule has 0 spiro atoms. The Balaban J connectivity index is 1.58. The summed E-state index contributed by atoms with van der Waals surface area (Å²) in [5.41, 5.74) is 2.57. The van der Waals surface area contributed by atoms with Gasteiger partial charge in [0.25, 0.3) is 10.0 Å². The third kappa shape index (κ3) is 3.67. The molecule has 8 heteroatoms. The molecule has 0 aliphatic rings. The lowest BCUT2D eigenvalue weighted by Crippen LogP contribution is -2.26. The third-order valence-electron chi connectivity index (χ3n) is 4.84. The van der Waals surface area contributed by atoms with Crippen LogP contribution in [0.2, 0.25) is 0 Å². The number of aromatic nitrogens is 2. The summed E-state index contributed by atoms with van der Waals surface area (Å²) in [6, 6.07) is 26.1. The van der Waals surface area contributed by atoms with Gasteiger partial charge in [-0.3, -0.25) is 0 Å². The molecule has 0 bridgehead atoms. The summed E-state index contributed by atoms with van der Waals surface area (Å²) in [7, 11) is -4.03. The first kappa shape index (κ1) is 19.8. The van der Waals surface area contributed by atoms with E-state index in [9.17, 15) is 8.42 Å². The molecule has 7 nitrogen and oxygen atoms in total. The number of rotatable bonds is 6. The van der Waals surface area contributed by atoms with Crippen LogP contribution in [-0.2, 0) is 10.0 Å². The first-order valence-electron chi connectivity index (χ1n) is 9.75. The molecule has 0 radical (unpaired) electrons. The highest BCUT2D eigenvalue weighted by Crippen LogP contribution is 2.34. The van der Waals surface area contributed by atoms with Gasteiger partial charge in [0.2, 0.25) is 0 Å². The average molecular weight is 443 g/mol. The number of benzene rings is 3. The van der Waals surface area contributed by atoms with Crippen molar-refractivity contribution in [3.63, 3.8) is 0 Å². The lowest BCUT2D eigenvalue weighted by atomic mass is 10.2. The molecule has 158 valence electrons. The second-order valence-electron chi connectivity index (χ2n) is 6.89. The van der Waals surface area contributed by atoms with Gasteiger partial charge in [-0.15, -0.1) is 0 Å². The molecule has 5 aromatic rings. The Labute approximate surface area is 184 Å². The van der Waals surface area contributed by atoms with Crippen molar-refractivity contribution in [2.75, 3.05) is 4.31 Å². The van der Waals surface area contributed by atoms with Crippen molar-refractivity contribution in [1.82, 2.24) is 10.1 Å². The standard InChI is InChI=1S/C24H17N3O4S/c28-32(29,21-13-11-18(12-14-21)22-15-16-30-26-22)27(20-9-5-2-6-10-20)24-25-17-23(31-24)19-7-3-1-4-8-19/h1-17H. The Morgan fingerprint density at radius 1 is 0.750 bits per heavy atom. The predicted molar refractivity (Wildman–Crippen MR) is 120 cm³/mol. The largest absolute Gasteiger partial charge is 0.422 e. The first-order valence-corrected chi connectivity index (χ1v) is 11.2. The van der Waals surface area contributed by atoms with Gasteiger partial charge in [-0.1, -0.05) is 65.8 Å². The number of hydrogen-bond acceptors (Lipinski definition) is 6. The fourth-order valence-electron chi connectivity index (χ4n) is 3.27. The number of hydrogen-bond donors (Lipinski definition) is 0. The van der Waals surface area contributed by atoms with Gasteiger partial charge in [0.15, 0.2) is 5.76 Å². The van der Waals surface area contributed by atoms with Crippen molar-refractivity contribution < 1.29 is 17.4 Å². The topological polar surface area (TPSA) is 89.4 Å². The smallest absolute Gasteiger partial charge is 0.317 e. The number of para-hydroxylation sites is 1. The zero-order valence-corrected chi connectivity index (χ0v) is 17.5. The third-order valence-corrected chi connectivity index (χ3v) is 6.56. The van der Waals surface area contributed by atoms with Gasteiger partial charge in [-0.05, 0) is 24.3 Å². The van der Waals surface area contributed by atoms with Gasteiger partial charge in [-0.2, -0.15) is 4.31 Å². The van der Waals surface area contributed by atoms with E-state index in [-0.39, 0.29) is 10.9 Å². The van der Waals surface area contributed by atoms with Gasteiger partial charge < -0.3 is 8.94 Å². The average Bonchev–Trinajstić information content (AvgIpc) is 3.54.